The summed E-state index contributed by atoms with van der Waals surface area (Å²) in [6, 6.07) is 14.3. The van der Waals surface area contributed by atoms with Crippen molar-refractivity contribution in [2.24, 2.45) is 0 Å². The number of rotatable bonds is 3. The third-order valence-electron chi connectivity index (χ3n) is 5.73. The molecule has 2 aromatic rings. The van der Waals surface area contributed by atoms with E-state index in [9.17, 15) is 9.59 Å². The molecule has 7 heteroatoms. The lowest BCUT2D eigenvalue weighted by Crippen LogP contribution is -2.50. The first kappa shape index (κ1) is 19.2. The van der Waals surface area contributed by atoms with E-state index in [1.54, 1.807) is 22.9 Å². The molecule has 29 heavy (non-hydrogen) atoms. The predicted octanol–water partition coefficient (Wildman–Crippen LogP) is 1.71. The number of amides is 2. The lowest BCUT2D eigenvalue weighted by molar-refractivity contribution is -0.130. The van der Waals surface area contributed by atoms with Crippen molar-refractivity contribution in [1.82, 2.24) is 14.8 Å². The second-order valence-corrected chi connectivity index (χ2v) is 7.51. The molecule has 4 rings (SSSR count). The zero-order chi connectivity index (χ0) is 20.2. The normalized spacial score (nSPS) is 17.4. The van der Waals surface area contributed by atoms with E-state index in [0.29, 0.717) is 31.7 Å². The van der Waals surface area contributed by atoms with E-state index in [2.05, 4.69) is 39.0 Å². The fourth-order valence-electron chi connectivity index (χ4n) is 3.94. The smallest absolute Gasteiger partial charge is 0.255 e. The number of piperazine rings is 2. The number of pyridine rings is 1. The number of hydrogen-bond donors (Lipinski definition) is 0. The van der Waals surface area contributed by atoms with E-state index in [1.165, 1.54) is 5.69 Å². The Hall–Kier alpha value is -3.09. The number of benzene rings is 1. The number of carbonyl (C=O) groups is 2. The van der Waals surface area contributed by atoms with Crippen LogP contribution in [0.25, 0.3) is 0 Å². The highest BCUT2D eigenvalue weighted by Gasteiger charge is 2.24. The topological polar surface area (TPSA) is 60.0 Å². The summed E-state index contributed by atoms with van der Waals surface area (Å²) in [6.07, 6.45) is 1.68. The summed E-state index contributed by atoms with van der Waals surface area (Å²) in [6.45, 7) is 7.61. The van der Waals surface area contributed by atoms with Gasteiger partial charge in [-0.15, -0.1) is 0 Å². The lowest BCUT2D eigenvalue weighted by atomic mass is 10.2. The van der Waals surface area contributed by atoms with Gasteiger partial charge in [0.2, 0.25) is 5.91 Å². The molecular weight excluding hydrogens is 366 g/mol. The molecule has 2 aliphatic heterocycles. The van der Waals surface area contributed by atoms with Crippen molar-refractivity contribution >= 4 is 23.3 Å². The molecule has 1 aromatic carbocycles. The molecule has 2 aliphatic rings. The molecule has 0 N–H and O–H groups in total. The molecule has 7 nitrogen and oxygen atoms in total. The number of anilines is 2. The largest absolute Gasteiger partial charge is 0.368 e. The Bertz CT molecular complexity index is 839. The lowest BCUT2D eigenvalue weighted by Gasteiger charge is -2.37. The maximum absolute atomic E-state index is 12.7. The van der Waals surface area contributed by atoms with E-state index in [4.69, 9.17) is 0 Å². The number of aromatic nitrogens is 1. The van der Waals surface area contributed by atoms with Gasteiger partial charge in [0.05, 0.1) is 5.56 Å². The molecule has 0 saturated carbocycles. The molecule has 0 radical (unpaired) electrons. The number of carbonyl (C=O) groups excluding carboxylic acids is 2. The van der Waals surface area contributed by atoms with Crippen LogP contribution in [0.3, 0.4) is 0 Å². The van der Waals surface area contributed by atoms with Gasteiger partial charge in [-0.25, -0.2) is 4.98 Å². The van der Waals surface area contributed by atoms with Crippen LogP contribution in [0.4, 0.5) is 11.5 Å². The summed E-state index contributed by atoms with van der Waals surface area (Å²) < 4.78 is 0. The van der Waals surface area contributed by atoms with Gasteiger partial charge in [-0.05, 0) is 24.3 Å². The van der Waals surface area contributed by atoms with Crippen LogP contribution >= 0.6 is 0 Å². The molecule has 2 saturated heterocycles. The molecular formula is C22H27N5O2. The van der Waals surface area contributed by atoms with Crippen LogP contribution in [0.2, 0.25) is 0 Å². The van der Waals surface area contributed by atoms with Crippen molar-refractivity contribution in [2.45, 2.75) is 6.92 Å². The van der Waals surface area contributed by atoms with Gasteiger partial charge in [-0.2, -0.15) is 0 Å². The van der Waals surface area contributed by atoms with E-state index < -0.39 is 0 Å². The highest BCUT2D eigenvalue weighted by Crippen LogP contribution is 2.19. The minimum atomic E-state index is -0.0128. The van der Waals surface area contributed by atoms with Crippen LogP contribution in [0.15, 0.2) is 48.7 Å². The summed E-state index contributed by atoms with van der Waals surface area (Å²) >= 11 is 0. The molecule has 0 unspecified atom stereocenters. The molecule has 0 atom stereocenters. The number of nitrogens with zero attached hydrogens (tertiary/aromatic N) is 5. The van der Waals surface area contributed by atoms with Crippen molar-refractivity contribution in [3.05, 3.63) is 54.2 Å². The molecule has 1 aromatic heterocycles. The summed E-state index contributed by atoms with van der Waals surface area (Å²) in [5.41, 5.74) is 1.86. The van der Waals surface area contributed by atoms with Gasteiger partial charge in [0.15, 0.2) is 0 Å². The van der Waals surface area contributed by atoms with Crippen LogP contribution in [0.5, 0.6) is 0 Å². The fraction of sp³-hybridized carbons (Fsp3) is 0.409. The van der Waals surface area contributed by atoms with E-state index in [0.717, 1.165) is 32.0 Å². The summed E-state index contributed by atoms with van der Waals surface area (Å²) in [5.74, 6) is 0.965. The Kier molecular flexibility index (Phi) is 5.64. The average molecular weight is 393 g/mol. The maximum atomic E-state index is 12.7. The van der Waals surface area contributed by atoms with Gasteiger partial charge in [-0.1, -0.05) is 18.2 Å². The SMILES string of the molecule is CC(=O)N1CCN(C(=O)c2ccc(N3CCN(c4ccccc4)CC3)nc2)CC1. The van der Waals surface area contributed by atoms with Crippen LogP contribution in [-0.2, 0) is 4.79 Å². The van der Waals surface area contributed by atoms with Crippen molar-refractivity contribution in [3.63, 3.8) is 0 Å². The highest BCUT2D eigenvalue weighted by atomic mass is 16.2. The second kappa shape index (κ2) is 8.51. The van der Waals surface area contributed by atoms with E-state index in [1.807, 2.05) is 18.2 Å². The Morgan fingerprint density at radius 1 is 0.759 bits per heavy atom. The predicted molar refractivity (Wildman–Crippen MR) is 113 cm³/mol. The first-order valence-electron chi connectivity index (χ1n) is 10.2. The van der Waals surface area contributed by atoms with Gasteiger partial charge in [-0.3, -0.25) is 9.59 Å². The molecule has 0 bridgehead atoms. The molecule has 152 valence electrons. The summed E-state index contributed by atoms with van der Waals surface area (Å²) in [4.78, 5) is 36.9. The van der Waals surface area contributed by atoms with Crippen LogP contribution in [-0.4, -0.2) is 79.0 Å². The quantitative estimate of drug-likeness (QED) is 0.795. The highest BCUT2D eigenvalue weighted by molar-refractivity contribution is 5.94. The maximum Gasteiger partial charge on any atom is 0.255 e. The van der Waals surface area contributed by atoms with Crippen LogP contribution in [0, 0.1) is 0 Å². The van der Waals surface area contributed by atoms with Crippen LogP contribution < -0.4 is 9.80 Å². The molecule has 0 spiro atoms. The average Bonchev–Trinajstić information content (AvgIpc) is 2.79. The van der Waals surface area contributed by atoms with Crippen LogP contribution in [0.1, 0.15) is 17.3 Å². The minimum Gasteiger partial charge on any atom is -0.368 e. The monoisotopic (exact) mass is 393 g/mol. The van der Waals surface area contributed by atoms with Crippen molar-refractivity contribution in [3.8, 4) is 0 Å². The van der Waals surface area contributed by atoms with Crippen molar-refractivity contribution in [2.75, 3.05) is 62.2 Å². The summed E-state index contributed by atoms with van der Waals surface area (Å²) in [7, 11) is 0. The zero-order valence-electron chi connectivity index (χ0n) is 16.8. The standard InChI is InChI=1S/C22H27N5O2/c1-18(28)24-9-15-27(16-10-24)22(29)19-7-8-21(23-17-19)26-13-11-25(12-14-26)20-5-3-2-4-6-20/h2-8,17H,9-16H2,1H3. The fourth-order valence-corrected chi connectivity index (χ4v) is 3.94. The first-order valence-corrected chi connectivity index (χ1v) is 10.2. The Morgan fingerprint density at radius 3 is 1.97 bits per heavy atom. The molecule has 3 heterocycles. The number of para-hydroxylation sites is 1. The first-order chi connectivity index (χ1) is 14.1. The summed E-state index contributed by atoms with van der Waals surface area (Å²) in [5, 5.41) is 0. The molecule has 2 amide bonds. The second-order valence-electron chi connectivity index (χ2n) is 7.51. The van der Waals surface area contributed by atoms with E-state index in [-0.39, 0.29) is 11.8 Å². The van der Waals surface area contributed by atoms with Gasteiger partial charge in [0, 0.05) is 71.2 Å². The van der Waals surface area contributed by atoms with Crippen molar-refractivity contribution in [1.29, 1.82) is 0 Å². The zero-order valence-corrected chi connectivity index (χ0v) is 16.8. The molecule has 0 aliphatic carbocycles. The third-order valence-corrected chi connectivity index (χ3v) is 5.73. The van der Waals surface area contributed by atoms with Gasteiger partial charge in [0.1, 0.15) is 5.82 Å². The third kappa shape index (κ3) is 4.34. The minimum absolute atomic E-state index is 0.0128. The Morgan fingerprint density at radius 2 is 1.38 bits per heavy atom. The molecule has 2 fully saturated rings. The Balaban J connectivity index is 1.33. The van der Waals surface area contributed by atoms with Gasteiger partial charge in [0.25, 0.3) is 5.91 Å². The van der Waals surface area contributed by atoms with E-state index >= 15 is 0 Å². The van der Waals surface area contributed by atoms with Gasteiger partial charge >= 0.3 is 0 Å². The van der Waals surface area contributed by atoms with Crippen molar-refractivity contribution < 1.29 is 9.59 Å². The Labute approximate surface area is 171 Å². The van der Waals surface area contributed by atoms with Gasteiger partial charge < -0.3 is 19.6 Å². The number of hydrogen-bond acceptors (Lipinski definition) is 5.